The number of carbonyl (C=O) groups excluding carboxylic acids is 1. The third kappa shape index (κ3) is 5.77. The average Bonchev–Trinajstić information content (AvgIpc) is 2.68. The summed E-state index contributed by atoms with van der Waals surface area (Å²) in [5, 5.41) is 5.91. The normalized spacial score (nSPS) is 15.9. The summed E-state index contributed by atoms with van der Waals surface area (Å²) in [4.78, 5) is 19.1. The maximum absolute atomic E-state index is 12.4. The number of nitrogens with zero attached hydrogens (tertiary/aromatic N) is 2. The minimum absolute atomic E-state index is 0.106. The minimum atomic E-state index is -0.217. The maximum atomic E-state index is 12.4. The van der Waals surface area contributed by atoms with E-state index in [1.807, 2.05) is 38.1 Å². The van der Waals surface area contributed by atoms with Crippen LogP contribution in [0, 0.1) is 6.92 Å². The Morgan fingerprint density at radius 3 is 2.63 bits per heavy atom. The summed E-state index contributed by atoms with van der Waals surface area (Å²) in [5.41, 5.74) is 4.04. The number of anilines is 1. The Balaban J connectivity index is 1.53. The highest BCUT2D eigenvalue weighted by Gasteiger charge is 2.14. The van der Waals surface area contributed by atoms with Gasteiger partial charge in [-0.25, -0.2) is 4.79 Å². The molecule has 0 saturated carbocycles. The number of ether oxygens (including phenoxy) is 1. The van der Waals surface area contributed by atoms with Crippen LogP contribution < -0.4 is 10.6 Å². The number of rotatable bonds is 6. The molecule has 3 rings (SSSR count). The first-order valence-electron chi connectivity index (χ1n) is 9.53. The highest BCUT2D eigenvalue weighted by Crippen LogP contribution is 2.16. The largest absolute Gasteiger partial charge is 0.379 e. The summed E-state index contributed by atoms with van der Waals surface area (Å²) < 4.78 is 5.38. The Labute approximate surface area is 160 Å². The quantitative estimate of drug-likeness (QED) is 0.819. The molecule has 1 aromatic heterocycles. The van der Waals surface area contributed by atoms with E-state index in [2.05, 4.69) is 32.7 Å². The molecule has 2 heterocycles. The van der Waals surface area contributed by atoms with E-state index in [0.29, 0.717) is 0 Å². The molecule has 0 bridgehead atoms. The van der Waals surface area contributed by atoms with Gasteiger partial charge >= 0.3 is 6.03 Å². The Bertz CT molecular complexity index is 742. The Morgan fingerprint density at radius 2 is 1.96 bits per heavy atom. The molecule has 0 spiro atoms. The van der Waals surface area contributed by atoms with E-state index in [9.17, 15) is 4.79 Å². The summed E-state index contributed by atoms with van der Waals surface area (Å²) in [6.45, 7) is 8.50. The molecule has 0 unspecified atom stereocenters. The van der Waals surface area contributed by atoms with Crippen molar-refractivity contribution in [2.24, 2.45) is 0 Å². The second-order valence-corrected chi connectivity index (χ2v) is 6.90. The van der Waals surface area contributed by atoms with E-state index < -0.39 is 0 Å². The molecule has 6 heteroatoms. The first-order valence-corrected chi connectivity index (χ1v) is 9.53. The van der Waals surface area contributed by atoms with Crippen LogP contribution in [0.2, 0.25) is 0 Å². The van der Waals surface area contributed by atoms with Crippen LogP contribution in [0.3, 0.4) is 0 Å². The zero-order chi connectivity index (χ0) is 19.1. The molecule has 1 aliphatic rings. The van der Waals surface area contributed by atoms with Crippen molar-refractivity contribution in [2.75, 3.05) is 31.6 Å². The SMILES string of the molecule is CC[C@H](NC(=O)Nc1ccc(CN2CCOCC2)cc1)c1cc(C)ccn1. The van der Waals surface area contributed by atoms with Gasteiger partial charge in [-0.15, -0.1) is 0 Å². The van der Waals surface area contributed by atoms with Crippen LogP contribution in [0.1, 0.15) is 36.2 Å². The number of hydrogen-bond acceptors (Lipinski definition) is 4. The number of hydrogen-bond donors (Lipinski definition) is 2. The molecule has 0 radical (unpaired) electrons. The van der Waals surface area contributed by atoms with Crippen molar-refractivity contribution < 1.29 is 9.53 Å². The molecule has 1 aromatic carbocycles. The number of aryl methyl sites for hydroxylation is 1. The number of carbonyl (C=O) groups is 1. The molecular formula is C21H28N4O2. The number of amides is 2. The van der Waals surface area contributed by atoms with Gasteiger partial charge in [-0.3, -0.25) is 9.88 Å². The first-order chi connectivity index (χ1) is 13.1. The lowest BCUT2D eigenvalue weighted by atomic mass is 10.1. The van der Waals surface area contributed by atoms with Crippen LogP contribution in [0.25, 0.3) is 0 Å². The molecule has 27 heavy (non-hydrogen) atoms. The van der Waals surface area contributed by atoms with E-state index in [0.717, 1.165) is 56.2 Å². The minimum Gasteiger partial charge on any atom is -0.379 e. The van der Waals surface area contributed by atoms with Gasteiger partial charge in [0.1, 0.15) is 0 Å². The van der Waals surface area contributed by atoms with Gasteiger partial charge in [0.15, 0.2) is 0 Å². The van der Waals surface area contributed by atoms with Crippen molar-refractivity contribution in [3.05, 3.63) is 59.4 Å². The Kier molecular flexibility index (Phi) is 6.79. The number of nitrogens with one attached hydrogen (secondary N) is 2. The molecule has 6 nitrogen and oxygen atoms in total. The van der Waals surface area contributed by atoms with Crippen molar-refractivity contribution in [3.8, 4) is 0 Å². The fourth-order valence-corrected chi connectivity index (χ4v) is 3.17. The summed E-state index contributed by atoms with van der Waals surface area (Å²) >= 11 is 0. The van der Waals surface area contributed by atoms with Crippen LogP contribution in [0.5, 0.6) is 0 Å². The Morgan fingerprint density at radius 1 is 1.22 bits per heavy atom. The van der Waals surface area contributed by atoms with E-state index in [1.165, 1.54) is 5.56 Å². The molecular weight excluding hydrogens is 340 g/mol. The molecule has 1 saturated heterocycles. The van der Waals surface area contributed by atoms with Crippen LogP contribution in [-0.4, -0.2) is 42.2 Å². The summed E-state index contributed by atoms with van der Waals surface area (Å²) in [6.07, 6.45) is 2.56. The van der Waals surface area contributed by atoms with E-state index in [1.54, 1.807) is 6.20 Å². The molecule has 0 aliphatic carbocycles. The Hall–Kier alpha value is -2.44. The summed E-state index contributed by atoms with van der Waals surface area (Å²) in [7, 11) is 0. The number of benzene rings is 1. The van der Waals surface area contributed by atoms with Gasteiger partial charge in [-0.1, -0.05) is 19.1 Å². The van der Waals surface area contributed by atoms with Crippen LogP contribution >= 0.6 is 0 Å². The lowest BCUT2D eigenvalue weighted by Gasteiger charge is -2.26. The van der Waals surface area contributed by atoms with E-state index >= 15 is 0 Å². The van der Waals surface area contributed by atoms with E-state index in [4.69, 9.17) is 4.74 Å². The van der Waals surface area contributed by atoms with Gasteiger partial charge in [0, 0.05) is 31.5 Å². The van der Waals surface area contributed by atoms with Crippen molar-refractivity contribution >= 4 is 11.7 Å². The maximum Gasteiger partial charge on any atom is 0.319 e. The van der Waals surface area contributed by atoms with Gasteiger partial charge in [-0.05, 0) is 48.7 Å². The molecule has 144 valence electrons. The predicted octanol–water partition coefficient (Wildman–Crippen LogP) is 3.50. The molecule has 2 amide bonds. The van der Waals surface area contributed by atoms with Crippen molar-refractivity contribution in [3.63, 3.8) is 0 Å². The molecule has 1 fully saturated rings. The van der Waals surface area contributed by atoms with Gasteiger partial charge in [0.25, 0.3) is 0 Å². The zero-order valence-corrected chi connectivity index (χ0v) is 16.1. The average molecular weight is 368 g/mol. The topological polar surface area (TPSA) is 66.5 Å². The molecule has 2 aromatic rings. The van der Waals surface area contributed by atoms with Crippen LogP contribution in [-0.2, 0) is 11.3 Å². The van der Waals surface area contributed by atoms with Crippen LogP contribution in [0.4, 0.5) is 10.5 Å². The monoisotopic (exact) mass is 368 g/mol. The number of morpholine rings is 1. The highest BCUT2D eigenvalue weighted by atomic mass is 16.5. The summed E-state index contributed by atoms with van der Waals surface area (Å²) in [5.74, 6) is 0. The number of pyridine rings is 1. The standard InChI is InChI=1S/C21H28N4O2/c1-3-19(20-14-16(2)8-9-22-20)24-21(26)23-18-6-4-17(5-7-18)15-25-10-12-27-13-11-25/h4-9,14,19H,3,10-13,15H2,1-2H3,(H2,23,24,26)/t19-/m0/s1. The van der Waals surface area contributed by atoms with Crippen molar-refractivity contribution in [1.29, 1.82) is 0 Å². The molecule has 1 aliphatic heterocycles. The van der Waals surface area contributed by atoms with E-state index in [-0.39, 0.29) is 12.1 Å². The predicted molar refractivity (Wildman–Crippen MR) is 107 cm³/mol. The third-order valence-corrected chi connectivity index (χ3v) is 4.73. The highest BCUT2D eigenvalue weighted by molar-refractivity contribution is 5.89. The zero-order valence-electron chi connectivity index (χ0n) is 16.1. The van der Waals surface area contributed by atoms with Crippen molar-refractivity contribution in [2.45, 2.75) is 32.9 Å². The lowest BCUT2D eigenvalue weighted by molar-refractivity contribution is 0.0342. The third-order valence-electron chi connectivity index (χ3n) is 4.73. The smallest absolute Gasteiger partial charge is 0.319 e. The lowest BCUT2D eigenvalue weighted by Crippen LogP contribution is -2.35. The van der Waals surface area contributed by atoms with Gasteiger partial charge in [0.2, 0.25) is 0 Å². The van der Waals surface area contributed by atoms with Gasteiger partial charge in [-0.2, -0.15) is 0 Å². The first kappa shape index (κ1) is 19.3. The van der Waals surface area contributed by atoms with Gasteiger partial charge < -0.3 is 15.4 Å². The van der Waals surface area contributed by atoms with Gasteiger partial charge in [0.05, 0.1) is 24.9 Å². The fourth-order valence-electron chi connectivity index (χ4n) is 3.17. The second-order valence-electron chi connectivity index (χ2n) is 6.90. The fraction of sp³-hybridized carbons (Fsp3) is 0.429. The van der Waals surface area contributed by atoms with Crippen molar-refractivity contribution in [1.82, 2.24) is 15.2 Å². The number of urea groups is 1. The number of aromatic nitrogens is 1. The second kappa shape index (κ2) is 9.48. The van der Waals surface area contributed by atoms with Crippen LogP contribution in [0.15, 0.2) is 42.6 Å². The molecule has 1 atom stereocenters. The summed E-state index contributed by atoms with van der Waals surface area (Å²) in [6, 6.07) is 11.7. The molecule has 2 N–H and O–H groups in total.